The first kappa shape index (κ1) is 25.1. The number of hydrogen-bond donors (Lipinski definition) is 1. The molecular weight excluding hydrogens is 502 g/mol. The number of anilines is 2. The van der Waals surface area contributed by atoms with Gasteiger partial charge in [0.2, 0.25) is 10.0 Å². The van der Waals surface area contributed by atoms with Crippen LogP contribution in [-0.4, -0.2) is 71.8 Å². The molecule has 1 aromatic carbocycles. The van der Waals surface area contributed by atoms with E-state index < -0.39 is 10.0 Å². The van der Waals surface area contributed by atoms with E-state index in [1.54, 1.807) is 10.6 Å². The van der Waals surface area contributed by atoms with Crippen LogP contribution in [0.25, 0.3) is 5.65 Å². The van der Waals surface area contributed by atoms with Crippen LogP contribution < -0.4 is 14.9 Å². The second-order valence-electron chi connectivity index (χ2n) is 10.9. The van der Waals surface area contributed by atoms with E-state index in [1.165, 1.54) is 4.31 Å². The standard InChI is InChI=1S/C27H35N7O3S/c1-18-7-8-23(34-11-5-13-38(34,36)37)21(14-18)27(35)32-10-4-3-6-24(32)22-15-25-29-26(19(2)16-33(25)30-22)31-12-9-20(28)17-31/h7-8,14-16,20,24H,3-6,9-13,17,28H2,1-2H3. The molecule has 202 valence electrons. The van der Waals surface area contributed by atoms with Crippen molar-refractivity contribution in [3.8, 4) is 0 Å². The number of nitrogens with zero attached hydrogens (tertiary/aromatic N) is 6. The summed E-state index contributed by atoms with van der Waals surface area (Å²) in [5.41, 5.74) is 10.6. The highest BCUT2D eigenvalue weighted by Gasteiger charge is 2.36. The minimum Gasteiger partial charge on any atom is -0.355 e. The van der Waals surface area contributed by atoms with Crippen molar-refractivity contribution >= 4 is 33.1 Å². The summed E-state index contributed by atoms with van der Waals surface area (Å²) < 4.78 is 28.7. The van der Waals surface area contributed by atoms with Gasteiger partial charge in [0.1, 0.15) is 5.82 Å². The van der Waals surface area contributed by atoms with Crippen molar-refractivity contribution in [2.45, 2.75) is 58.0 Å². The lowest BCUT2D eigenvalue weighted by Gasteiger charge is -2.35. The number of aryl methyl sites for hydroxylation is 2. The smallest absolute Gasteiger partial charge is 0.256 e. The van der Waals surface area contributed by atoms with E-state index in [2.05, 4.69) is 4.90 Å². The zero-order chi connectivity index (χ0) is 26.6. The predicted molar refractivity (Wildman–Crippen MR) is 147 cm³/mol. The number of likely N-dealkylation sites (tertiary alicyclic amines) is 1. The van der Waals surface area contributed by atoms with Crippen LogP contribution >= 0.6 is 0 Å². The predicted octanol–water partition coefficient (Wildman–Crippen LogP) is 2.79. The first-order valence-corrected chi connectivity index (χ1v) is 15.1. The summed E-state index contributed by atoms with van der Waals surface area (Å²) in [6, 6.07) is 7.40. The Morgan fingerprint density at radius 2 is 1.89 bits per heavy atom. The van der Waals surface area contributed by atoms with Gasteiger partial charge in [-0.05, 0) is 58.1 Å². The Hall–Kier alpha value is -3.18. The number of aromatic nitrogens is 3. The summed E-state index contributed by atoms with van der Waals surface area (Å²) in [4.78, 5) is 23.1. The summed E-state index contributed by atoms with van der Waals surface area (Å²) in [5.74, 6) is 0.896. The molecule has 0 radical (unpaired) electrons. The molecule has 0 spiro atoms. The molecule has 0 bridgehead atoms. The Balaban J connectivity index is 1.35. The van der Waals surface area contributed by atoms with Gasteiger partial charge in [-0.15, -0.1) is 0 Å². The summed E-state index contributed by atoms with van der Waals surface area (Å²) in [6.07, 6.45) is 6.20. The van der Waals surface area contributed by atoms with Gasteiger partial charge in [-0.1, -0.05) is 11.6 Å². The summed E-state index contributed by atoms with van der Waals surface area (Å²) in [7, 11) is -3.41. The molecule has 2 N–H and O–H groups in total. The zero-order valence-corrected chi connectivity index (χ0v) is 22.8. The van der Waals surface area contributed by atoms with Crippen LogP contribution in [0.4, 0.5) is 11.5 Å². The maximum Gasteiger partial charge on any atom is 0.256 e. The minimum atomic E-state index is -3.41. The van der Waals surface area contributed by atoms with Crippen LogP contribution in [0.1, 0.15) is 65.3 Å². The lowest BCUT2D eigenvalue weighted by molar-refractivity contribution is 0.0606. The molecule has 0 saturated carbocycles. The number of amides is 1. The molecule has 2 aromatic heterocycles. The van der Waals surface area contributed by atoms with Crippen molar-refractivity contribution in [2.75, 3.05) is 41.1 Å². The van der Waals surface area contributed by atoms with Crippen molar-refractivity contribution in [1.82, 2.24) is 19.5 Å². The van der Waals surface area contributed by atoms with E-state index in [4.69, 9.17) is 15.8 Å². The number of hydrogen-bond acceptors (Lipinski definition) is 7. The van der Waals surface area contributed by atoms with Crippen molar-refractivity contribution < 1.29 is 13.2 Å². The molecule has 3 aliphatic heterocycles. The monoisotopic (exact) mass is 537 g/mol. The third kappa shape index (κ3) is 4.41. The lowest BCUT2D eigenvalue weighted by atomic mass is 9.97. The number of carbonyl (C=O) groups excluding carboxylic acids is 1. The lowest BCUT2D eigenvalue weighted by Crippen LogP contribution is -2.39. The third-order valence-electron chi connectivity index (χ3n) is 8.00. The third-order valence-corrected chi connectivity index (χ3v) is 9.86. The SMILES string of the molecule is Cc1ccc(N2CCCS2(=O)=O)c(C(=O)N2CCCCC2c2cc3nc(N4CCC(N)C4)c(C)cn3n2)c1. The molecule has 3 aromatic rings. The Kier molecular flexibility index (Phi) is 6.30. The summed E-state index contributed by atoms with van der Waals surface area (Å²) >= 11 is 0. The quantitative estimate of drug-likeness (QED) is 0.544. The summed E-state index contributed by atoms with van der Waals surface area (Å²) in [5, 5.41) is 4.86. The van der Waals surface area contributed by atoms with E-state index in [1.807, 2.05) is 43.1 Å². The minimum absolute atomic E-state index is 0.111. The maximum atomic E-state index is 14.1. The Morgan fingerprint density at radius 3 is 2.63 bits per heavy atom. The molecular formula is C27H35N7O3S. The molecule has 1 amide bonds. The Labute approximate surface area is 223 Å². The van der Waals surface area contributed by atoms with Gasteiger partial charge in [-0.3, -0.25) is 9.10 Å². The van der Waals surface area contributed by atoms with Crippen LogP contribution in [0, 0.1) is 13.8 Å². The van der Waals surface area contributed by atoms with Crippen LogP contribution in [-0.2, 0) is 10.0 Å². The number of piperidine rings is 1. The van der Waals surface area contributed by atoms with Gasteiger partial charge < -0.3 is 15.5 Å². The molecule has 11 heteroatoms. The van der Waals surface area contributed by atoms with E-state index >= 15 is 0 Å². The zero-order valence-electron chi connectivity index (χ0n) is 22.0. The van der Waals surface area contributed by atoms with Crippen LogP contribution in [0.3, 0.4) is 0 Å². The normalized spacial score (nSPS) is 23.5. The van der Waals surface area contributed by atoms with Gasteiger partial charge in [0.05, 0.1) is 28.7 Å². The van der Waals surface area contributed by atoms with Crippen molar-refractivity contribution in [3.63, 3.8) is 0 Å². The van der Waals surface area contributed by atoms with Gasteiger partial charge in [-0.25, -0.2) is 17.9 Å². The Bertz CT molecular complexity index is 1500. The average Bonchev–Trinajstić information content (AvgIpc) is 3.60. The molecule has 0 aliphatic carbocycles. The van der Waals surface area contributed by atoms with E-state index in [9.17, 15) is 13.2 Å². The largest absolute Gasteiger partial charge is 0.355 e. The Morgan fingerprint density at radius 1 is 1.05 bits per heavy atom. The number of carbonyl (C=O) groups is 1. The van der Waals surface area contributed by atoms with Gasteiger partial charge >= 0.3 is 0 Å². The van der Waals surface area contributed by atoms with Gasteiger partial charge in [0.25, 0.3) is 5.91 Å². The van der Waals surface area contributed by atoms with Crippen LogP contribution in [0.5, 0.6) is 0 Å². The first-order chi connectivity index (χ1) is 18.2. The fourth-order valence-electron chi connectivity index (χ4n) is 6.07. The molecule has 3 aliphatic rings. The second kappa shape index (κ2) is 9.53. The van der Waals surface area contributed by atoms with Gasteiger partial charge in [0, 0.05) is 50.0 Å². The maximum absolute atomic E-state index is 14.1. The molecule has 3 fully saturated rings. The van der Waals surface area contributed by atoms with Crippen LogP contribution in [0.15, 0.2) is 30.5 Å². The summed E-state index contributed by atoms with van der Waals surface area (Å²) in [6.45, 7) is 6.64. The fraction of sp³-hybridized carbons (Fsp3) is 0.519. The highest BCUT2D eigenvalue weighted by Crippen LogP contribution is 2.36. The van der Waals surface area contributed by atoms with Crippen LogP contribution in [0.2, 0.25) is 0 Å². The van der Waals surface area contributed by atoms with E-state index in [0.717, 1.165) is 67.1 Å². The average molecular weight is 538 g/mol. The number of benzene rings is 1. The molecule has 3 saturated heterocycles. The van der Waals surface area contributed by atoms with E-state index in [-0.39, 0.29) is 23.7 Å². The number of fused-ring (bicyclic) bond motifs is 1. The van der Waals surface area contributed by atoms with Gasteiger partial charge in [-0.2, -0.15) is 5.10 Å². The molecule has 6 rings (SSSR count). The van der Waals surface area contributed by atoms with Gasteiger partial charge in [0.15, 0.2) is 5.65 Å². The molecule has 10 nitrogen and oxygen atoms in total. The molecule has 5 heterocycles. The highest BCUT2D eigenvalue weighted by atomic mass is 32.2. The number of nitrogens with two attached hydrogens (primary N) is 1. The topological polar surface area (TPSA) is 117 Å². The fourth-order valence-corrected chi connectivity index (χ4v) is 7.65. The number of sulfonamides is 1. The van der Waals surface area contributed by atoms with Crippen molar-refractivity contribution in [2.24, 2.45) is 5.73 Å². The number of rotatable bonds is 4. The van der Waals surface area contributed by atoms with Crippen molar-refractivity contribution in [1.29, 1.82) is 0 Å². The highest BCUT2D eigenvalue weighted by molar-refractivity contribution is 7.93. The molecule has 2 atom stereocenters. The van der Waals surface area contributed by atoms with Crippen molar-refractivity contribution in [3.05, 3.63) is 52.8 Å². The molecule has 38 heavy (non-hydrogen) atoms. The molecule has 2 unspecified atom stereocenters. The van der Waals surface area contributed by atoms with E-state index in [0.29, 0.717) is 30.8 Å². The second-order valence-corrected chi connectivity index (χ2v) is 12.9. The first-order valence-electron chi connectivity index (χ1n) is 13.5.